The van der Waals surface area contributed by atoms with Crippen LogP contribution in [0.15, 0.2) is 72.8 Å². The summed E-state index contributed by atoms with van der Waals surface area (Å²) < 4.78 is 68.8. The molecule has 0 N–H and O–H groups in total. The number of carbonyl (C=O) groups excluding carboxylic acids is 1. The molecule has 0 aliphatic carbocycles. The Balaban J connectivity index is 1.19. The number of aromatic nitrogens is 3. The predicted octanol–water partition coefficient (Wildman–Crippen LogP) is 6.16. The third kappa shape index (κ3) is 6.02. The van der Waals surface area contributed by atoms with Crippen LogP contribution in [0.2, 0.25) is 0 Å². The topological polar surface area (TPSA) is 93.9 Å². The fourth-order valence-corrected chi connectivity index (χ4v) is 4.90. The first-order valence-electron chi connectivity index (χ1n) is 13.6. The number of benzene rings is 3. The number of esters is 1. The van der Waals surface area contributed by atoms with Crippen molar-refractivity contribution in [1.82, 2.24) is 14.5 Å². The highest BCUT2D eigenvalue weighted by Crippen LogP contribution is 2.41. The van der Waals surface area contributed by atoms with E-state index in [9.17, 15) is 13.6 Å². The number of imidazole rings is 1. The Labute approximate surface area is 249 Å². The van der Waals surface area contributed by atoms with Gasteiger partial charge in [-0.05, 0) is 53.6 Å². The molecule has 44 heavy (non-hydrogen) atoms. The second-order valence-corrected chi connectivity index (χ2v) is 9.95. The van der Waals surface area contributed by atoms with E-state index in [-0.39, 0.29) is 30.4 Å². The van der Waals surface area contributed by atoms with Gasteiger partial charge in [0.1, 0.15) is 18.2 Å². The molecular formula is C32H26F3N3O6. The van der Waals surface area contributed by atoms with Gasteiger partial charge < -0.3 is 28.3 Å². The zero-order chi connectivity index (χ0) is 30.8. The van der Waals surface area contributed by atoms with Gasteiger partial charge in [-0.3, -0.25) is 0 Å². The Morgan fingerprint density at radius 2 is 1.80 bits per heavy atom. The molecule has 3 aromatic carbocycles. The van der Waals surface area contributed by atoms with Crippen molar-refractivity contribution in [1.29, 1.82) is 0 Å². The van der Waals surface area contributed by atoms with Crippen molar-refractivity contribution in [3.05, 3.63) is 101 Å². The molecule has 0 radical (unpaired) electrons. The summed E-state index contributed by atoms with van der Waals surface area (Å²) in [6, 6.07) is 19.4. The summed E-state index contributed by atoms with van der Waals surface area (Å²) in [6.07, 6.45) is -3.49. The van der Waals surface area contributed by atoms with E-state index >= 15 is 4.39 Å². The summed E-state index contributed by atoms with van der Waals surface area (Å²) >= 11 is 0. The molecule has 6 rings (SSSR count). The second-order valence-electron chi connectivity index (χ2n) is 9.95. The maximum atomic E-state index is 15.5. The lowest BCUT2D eigenvalue weighted by Crippen LogP contribution is -2.25. The number of nitrogens with zero attached hydrogens (tertiary/aromatic N) is 3. The Bertz CT molecular complexity index is 1860. The van der Waals surface area contributed by atoms with Crippen LogP contribution in [0.3, 0.4) is 0 Å². The summed E-state index contributed by atoms with van der Waals surface area (Å²) in [5, 5.41) is 0. The molecule has 3 heterocycles. The third-order valence-corrected chi connectivity index (χ3v) is 7.04. The summed E-state index contributed by atoms with van der Waals surface area (Å²) in [7, 11) is 2.91. The fraction of sp³-hybridized carbons (Fsp3) is 0.219. The monoisotopic (exact) mass is 605 g/mol. The highest BCUT2D eigenvalue weighted by molar-refractivity contribution is 5.93. The lowest BCUT2D eigenvalue weighted by atomic mass is 10.1. The summed E-state index contributed by atoms with van der Waals surface area (Å²) in [4.78, 5) is 21.3. The van der Waals surface area contributed by atoms with Gasteiger partial charge in [0.05, 0.1) is 36.0 Å². The van der Waals surface area contributed by atoms with Crippen LogP contribution in [0.4, 0.5) is 13.2 Å². The molecule has 1 aliphatic rings. The van der Waals surface area contributed by atoms with Crippen molar-refractivity contribution in [2.75, 3.05) is 20.8 Å². The zero-order valence-electron chi connectivity index (χ0n) is 23.7. The van der Waals surface area contributed by atoms with Gasteiger partial charge >= 0.3 is 12.3 Å². The molecule has 0 spiro atoms. The minimum absolute atomic E-state index is 0.0388. The maximum absolute atomic E-state index is 15.5. The van der Waals surface area contributed by atoms with Crippen molar-refractivity contribution in [2.45, 2.75) is 25.9 Å². The molecule has 9 nitrogen and oxygen atoms in total. The first-order chi connectivity index (χ1) is 21.2. The quantitative estimate of drug-likeness (QED) is 0.175. The maximum Gasteiger partial charge on any atom is 0.586 e. The molecule has 0 fully saturated rings. The molecule has 5 aromatic rings. The molecule has 0 amide bonds. The van der Waals surface area contributed by atoms with Gasteiger partial charge in [0.2, 0.25) is 5.88 Å². The Morgan fingerprint density at radius 1 is 0.955 bits per heavy atom. The number of fused-ring (bicyclic) bond motifs is 2. The van der Waals surface area contributed by atoms with Crippen LogP contribution in [-0.4, -0.2) is 47.6 Å². The number of hydrogen-bond donors (Lipinski definition) is 0. The van der Waals surface area contributed by atoms with Crippen LogP contribution in [-0.2, 0) is 29.0 Å². The van der Waals surface area contributed by atoms with E-state index in [4.69, 9.17) is 19.2 Å². The van der Waals surface area contributed by atoms with E-state index < -0.39 is 18.1 Å². The minimum atomic E-state index is -3.70. The normalized spacial score (nSPS) is 13.3. The number of halogens is 3. The standard InChI is InChI=1S/C32H26F3N3O6/c1-40-13-12-38-26-16-22(31(39)41-2)9-10-25(26)36-29(38)17-20-7-8-21(15-23(20)33)24-4-3-5-30(37-24)42-18-19-6-11-27-28(14-19)44-32(34,35)43-27/h3-11,14-16H,12-13,17-18H2,1-2H3. The van der Waals surface area contributed by atoms with Crippen LogP contribution < -0.4 is 14.2 Å². The van der Waals surface area contributed by atoms with Crippen molar-refractivity contribution in [3.63, 3.8) is 0 Å². The number of carbonyl (C=O) groups is 1. The molecule has 1 aliphatic heterocycles. The number of pyridine rings is 1. The van der Waals surface area contributed by atoms with Gasteiger partial charge in [-0.2, -0.15) is 0 Å². The van der Waals surface area contributed by atoms with E-state index in [0.29, 0.717) is 52.4 Å². The van der Waals surface area contributed by atoms with Crippen molar-refractivity contribution < 1.29 is 41.7 Å². The van der Waals surface area contributed by atoms with Gasteiger partial charge in [-0.1, -0.05) is 24.3 Å². The number of rotatable bonds is 10. The Kier molecular flexibility index (Phi) is 7.83. The van der Waals surface area contributed by atoms with Crippen LogP contribution in [0.1, 0.15) is 27.3 Å². The van der Waals surface area contributed by atoms with Gasteiger partial charge in [-0.15, -0.1) is 8.78 Å². The van der Waals surface area contributed by atoms with Gasteiger partial charge in [-0.25, -0.2) is 19.2 Å². The largest absolute Gasteiger partial charge is 0.586 e. The van der Waals surface area contributed by atoms with E-state index in [1.54, 1.807) is 61.7 Å². The number of ether oxygens (including phenoxy) is 5. The molecule has 0 saturated carbocycles. The van der Waals surface area contributed by atoms with Gasteiger partial charge in [0, 0.05) is 31.7 Å². The molecule has 0 bridgehead atoms. The highest BCUT2D eigenvalue weighted by atomic mass is 19.3. The lowest BCUT2D eigenvalue weighted by Gasteiger charge is -2.11. The van der Waals surface area contributed by atoms with Crippen molar-refractivity contribution >= 4 is 17.0 Å². The first-order valence-corrected chi connectivity index (χ1v) is 13.6. The van der Waals surface area contributed by atoms with Crippen LogP contribution in [0.5, 0.6) is 17.4 Å². The average molecular weight is 606 g/mol. The van der Waals surface area contributed by atoms with Crippen LogP contribution in [0, 0.1) is 5.82 Å². The summed E-state index contributed by atoms with van der Waals surface area (Å²) in [5.41, 5.74) is 3.80. The van der Waals surface area contributed by atoms with E-state index in [0.717, 1.165) is 5.52 Å². The van der Waals surface area contributed by atoms with Crippen LogP contribution >= 0.6 is 0 Å². The van der Waals surface area contributed by atoms with E-state index in [2.05, 4.69) is 14.5 Å². The van der Waals surface area contributed by atoms with Crippen molar-refractivity contribution in [3.8, 4) is 28.6 Å². The highest BCUT2D eigenvalue weighted by Gasteiger charge is 2.43. The first kappa shape index (κ1) is 29.0. The molecule has 0 saturated heterocycles. The van der Waals surface area contributed by atoms with Gasteiger partial charge in [0.15, 0.2) is 11.5 Å². The van der Waals surface area contributed by atoms with E-state index in [1.165, 1.54) is 25.3 Å². The zero-order valence-corrected chi connectivity index (χ0v) is 23.7. The SMILES string of the molecule is COCCn1c(Cc2ccc(-c3cccc(OCc4ccc5c(c4)OC(F)(F)O5)n3)cc2F)nc2ccc(C(=O)OC)cc21. The smallest absolute Gasteiger partial charge is 0.473 e. The summed E-state index contributed by atoms with van der Waals surface area (Å²) in [5.74, 6) is -0.135. The molecule has 12 heteroatoms. The number of methoxy groups -OCH3 is 2. The third-order valence-electron chi connectivity index (χ3n) is 7.04. The second kappa shape index (κ2) is 11.9. The fourth-order valence-electron chi connectivity index (χ4n) is 4.90. The molecule has 2 aromatic heterocycles. The van der Waals surface area contributed by atoms with Gasteiger partial charge in [0.25, 0.3) is 0 Å². The Morgan fingerprint density at radius 3 is 2.59 bits per heavy atom. The number of hydrogen-bond acceptors (Lipinski definition) is 8. The minimum Gasteiger partial charge on any atom is -0.473 e. The number of alkyl halides is 2. The lowest BCUT2D eigenvalue weighted by molar-refractivity contribution is -0.286. The Hall–Kier alpha value is -5.10. The van der Waals surface area contributed by atoms with E-state index in [1.807, 2.05) is 4.57 Å². The van der Waals surface area contributed by atoms with Crippen molar-refractivity contribution in [2.24, 2.45) is 0 Å². The molecule has 0 atom stereocenters. The summed E-state index contributed by atoms with van der Waals surface area (Å²) in [6.45, 7) is 0.899. The average Bonchev–Trinajstić information content (AvgIpc) is 3.53. The molecule has 226 valence electrons. The molecular weight excluding hydrogens is 579 g/mol. The predicted molar refractivity (Wildman–Crippen MR) is 152 cm³/mol. The van der Waals surface area contributed by atoms with Crippen LogP contribution in [0.25, 0.3) is 22.3 Å². The molecule has 0 unspecified atom stereocenters.